The summed E-state index contributed by atoms with van der Waals surface area (Å²) >= 11 is 0. The van der Waals surface area contributed by atoms with Crippen LogP contribution in [0.3, 0.4) is 0 Å². The standard InChI is InChI=1S/C20H19F2NO4/c1-23(10-12-2-5-14(6-3-12)27-11-19(24)25)20(26)17-9-16(17)15-7-4-13(21)8-18(15)22/h2-8,16-17H,9-11H2,1H3,(H,24,25)/t16-,17-/m0/s1. The minimum atomic E-state index is -1.05. The molecule has 0 bridgehead atoms. The van der Waals surface area contributed by atoms with Crippen LogP contribution in [-0.4, -0.2) is 35.5 Å². The maximum absolute atomic E-state index is 13.9. The number of hydrogen-bond donors (Lipinski definition) is 1. The minimum absolute atomic E-state index is 0.0880. The molecule has 0 aromatic heterocycles. The number of hydrogen-bond acceptors (Lipinski definition) is 3. The van der Waals surface area contributed by atoms with Gasteiger partial charge in [-0.1, -0.05) is 18.2 Å². The molecule has 7 heteroatoms. The highest BCUT2D eigenvalue weighted by Gasteiger charge is 2.46. The summed E-state index contributed by atoms with van der Waals surface area (Å²) in [5.41, 5.74) is 1.24. The zero-order valence-corrected chi connectivity index (χ0v) is 14.7. The molecule has 1 aliphatic rings. The number of carbonyl (C=O) groups excluding carboxylic acids is 1. The molecule has 0 heterocycles. The Hall–Kier alpha value is -2.96. The summed E-state index contributed by atoms with van der Waals surface area (Å²) in [5.74, 6) is -2.47. The molecule has 0 spiro atoms. The van der Waals surface area contributed by atoms with E-state index in [2.05, 4.69) is 0 Å². The third kappa shape index (κ3) is 4.61. The van der Waals surface area contributed by atoms with E-state index in [0.29, 0.717) is 24.3 Å². The first kappa shape index (κ1) is 18.8. The lowest BCUT2D eigenvalue weighted by molar-refractivity contribution is -0.139. The number of rotatable bonds is 7. The third-order valence-corrected chi connectivity index (χ3v) is 4.55. The third-order valence-electron chi connectivity index (χ3n) is 4.55. The molecule has 0 aliphatic heterocycles. The number of aliphatic carboxylic acids is 1. The van der Waals surface area contributed by atoms with E-state index in [-0.39, 0.29) is 17.7 Å². The fourth-order valence-corrected chi connectivity index (χ4v) is 3.08. The molecule has 142 valence electrons. The number of nitrogens with zero attached hydrogens (tertiary/aromatic N) is 1. The smallest absolute Gasteiger partial charge is 0.341 e. The van der Waals surface area contributed by atoms with Crippen molar-refractivity contribution in [3.8, 4) is 5.75 Å². The van der Waals surface area contributed by atoms with Crippen molar-refractivity contribution in [1.29, 1.82) is 0 Å². The predicted octanol–water partition coefficient (Wildman–Crippen LogP) is 3.19. The molecule has 0 unspecified atom stereocenters. The summed E-state index contributed by atoms with van der Waals surface area (Å²) < 4.78 is 31.9. The highest BCUT2D eigenvalue weighted by molar-refractivity contribution is 5.82. The fraction of sp³-hybridized carbons (Fsp3) is 0.300. The molecule has 1 saturated carbocycles. The maximum atomic E-state index is 13.9. The average Bonchev–Trinajstić information content (AvgIpc) is 3.40. The van der Waals surface area contributed by atoms with Crippen molar-refractivity contribution in [1.82, 2.24) is 4.90 Å². The summed E-state index contributed by atoms with van der Waals surface area (Å²) in [6.45, 7) is -0.0477. The molecule has 1 amide bonds. The van der Waals surface area contributed by atoms with Gasteiger partial charge < -0.3 is 14.7 Å². The highest BCUT2D eigenvalue weighted by atomic mass is 19.1. The lowest BCUT2D eigenvalue weighted by atomic mass is 10.1. The fourth-order valence-electron chi connectivity index (χ4n) is 3.08. The van der Waals surface area contributed by atoms with Crippen molar-refractivity contribution in [2.45, 2.75) is 18.9 Å². The van der Waals surface area contributed by atoms with E-state index >= 15 is 0 Å². The lowest BCUT2D eigenvalue weighted by Crippen LogP contribution is -2.28. The number of carboxylic acid groups (broad SMARTS) is 1. The van der Waals surface area contributed by atoms with Gasteiger partial charge in [0, 0.05) is 25.6 Å². The number of amides is 1. The van der Waals surface area contributed by atoms with Gasteiger partial charge in [-0.25, -0.2) is 13.6 Å². The van der Waals surface area contributed by atoms with Crippen LogP contribution in [0.2, 0.25) is 0 Å². The van der Waals surface area contributed by atoms with Crippen molar-refractivity contribution < 1.29 is 28.2 Å². The Morgan fingerprint density at radius 1 is 1.19 bits per heavy atom. The molecule has 1 N–H and O–H groups in total. The summed E-state index contributed by atoms with van der Waals surface area (Å²) in [6.07, 6.45) is 0.549. The Bertz CT molecular complexity index is 854. The topological polar surface area (TPSA) is 66.8 Å². The quantitative estimate of drug-likeness (QED) is 0.807. The van der Waals surface area contributed by atoms with E-state index in [1.54, 1.807) is 36.2 Å². The Balaban J connectivity index is 1.56. The second kappa shape index (κ2) is 7.73. The van der Waals surface area contributed by atoms with Crippen LogP contribution in [0.15, 0.2) is 42.5 Å². The predicted molar refractivity (Wildman–Crippen MR) is 93.3 cm³/mol. The van der Waals surface area contributed by atoms with Gasteiger partial charge in [-0.05, 0) is 41.7 Å². The largest absolute Gasteiger partial charge is 0.482 e. The Morgan fingerprint density at radius 3 is 2.52 bits per heavy atom. The molecule has 5 nitrogen and oxygen atoms in total. The maximum Gasteiger partial charge on any atom is 0.341 e. The van der Waals surface area contributed by atoms with Crippen LogP contribution in [-0.2, 0) is 16.1 Å². The van der Waals surface area contributed by atoms with Crippen molar-refractivity contribution in [2.75, 3.05) is 13.7 Å². The normalized spacial score (nSPS) is 18.0. The van der Waals surface area contributed by atoms with Gasteiger partial charge in [0.15, 0.2) is 6.61 Å². The SMILES string of the molecule is CN(Cc1ccc(OCC(=O)O)cc1)C(=O)[C@H]1C[C@H]1c1ccc(F)cc1F. The second-order valence-electron chi connectivity index (χ2n) is 6.64. The molecular weight excluding hydrogens is 356 g/mol. The van der Waals surface area contributed by atoms with Crippen molar-refractivity contribution >= 4 is 11.9 Å². The number of benzene rings is 2. The van der Waals surface area contributed by atoms with Gasteiger partial charge in [-0.2, -0.15) is 0 Å². The Kier molecular flexibility index (Phi) is 5.39. The van der Waals surface area contributed by atoms with Crippen LogP contribution >= 0.6 is 0 Å². The summed E-state index contributed by atoms with van der Waals surface area (Å²) in [6, 6.07) is 10.2. The molecule has 0 saturated heterocycles. The number of halogens is 2. The molecule has 0 radical (unpaired) electrons. The Morgan fingerprint density at radius 2 is 1.89 bits per heavy atom. The first-order chi connectivity index (χ1) is 12.8. The minimum Gasteiger partial charge on any atom is -0.482 e. The summed E-state index contributed by atoms with van der Waals surface area (Å²) in [7, 11) is 1.67. The van der Waals surface area contributed by atoms with Gasteiger partial charge in [0.05, 0.1) is 0 Å². The monoisotopic (exact) mass is 375 g/mol. The van der Waals surface area contributed by atoms with E-state index in [1.807, 2.05) is 0 Å². The van der Waals surface area contributed by atoms with Crippen LogP contribution in [0.4, 0.5) is 8.78 Å². The van der Waals surface area contributed by atoms with Gasteiger partial charge in [0.2, 0.25) is 5.91 Å². The molecule has 1 fully saturated rings. The van der Waals surface area contributed by atoms with E-state index in [9.17, 15) is 18.4 Å². The van der Waals surface area contributed by atoms with E-state index in [4.69, 9.17) is 9.84 Å². The van der Waals surface area contributed by atoms with Crippen molar-refractivity contribution in [2.24, 2.45) is 5.92 Å². The van der Waals surface area contributed by atoms with Gasteiger partial charge in [0.1, 0.15) is 17.4 Å². The van der Waals surface area contributed by atoms with Crippen LogP contribution in [0.25, 0.3) is 0 Å². The average molecular weight is 375 g/mol. The Labute approximate surface area is 155 Å². The second-order valence-corrected chi connectivity index (χ2v) is 6.64. The number of carbonyl (C=O) groups is 2. The molecule has 3 rings (SSSR count). The van der Waals surface area contributed by atoms with Crippen LogP contribution in [0.5, 0.6) is 5.75 Å². The van der Waals surface area contributed by atoms with E-state index < -0.39 is 24.2 Å². The molecule has 2 aromatic carbocycles. The first-order valence-electron chi connectivity index (χ1n) is 8.48. The number of ether oxygens (including phenoxy) is 1. The van der Waals surface area contributed by atoms with E-state index in [1.165, 1.54) is 12.1 Å². The van der Waals surface area contributed by atoms with Crippen molar-refractivity contribution in [3.63, 3.8) is 0 Å². The van der Waals surface area contributed by atoms with Gasteiger partial charge in [0.25, 0.3) is 0 Å². The number of carboxylic acids is 1. The molecule has 2 aromatic rings. The van der Waals surface area contributed by atoms with Gasteiger partial charge in [-0.3, -0.25) is 4.79 Å². The van der Waals surface area contributed by atoms with Gasteiger partial charge >= 0.3 is 5.97 Å². The molecule has 1 aliphatic carbocycles. The zero-order valence-electron chi connectivity index (χ0n) is 14.7. The zero-order chi connectivity index (χ0) is 19.6. The summed E-state index contributed by atoms with van der Waals surface area (Å²) in [4.78, 5) is 24.6. The summed E-state index contributed by atoms with van der Waals surface area (Å²) in [5, 5.41) is 8.59. The first-order valence-corrected chi connectivity index (χ1v) is 8.48. The van der Waals surface area contributed by atoms with Crippen LogP contribution in [0.1, 0.15) is 23.5 Å². The van der Waals surface area contributed by atoms with Crippen LogP contribution < -0.4 is 4.74 Å². The molecular formula is C20H19F2NO4. The van der Waals surface area contributed by atoms with Gasteiger partial charge in [-0.15, -0.1) is 0 Å². The van der Waals surface area contributed by atoms with Crippen molar-refractivity contribution in [3.05, 3.63) is 65.2 Å². The van der Waals surface area contributed by atoms with E-state index in [0.717, 1.165) is 11.6 Å². The molecule has 2 atom stereocenters. The van der Waals surface area contributed by atoms with Crippen LogP contribution in [0, 0.1) is 17.6 Å². The lowest BCUT2D eigenvalue weighted by Gasteiger charge is -2.18. The highest BCUT2D eigenvalue weighted by Crippen LogP contribution is 2.49. The molecule has 27 heavy (non-hydrogen) atoms.